The number of carbonyl (C=O) groups is 2. The van der Waals surface area contributed by atoms with Crippen molar-refractivity contribution in [2.24, 2.45) is 0 Å². The predicted octanol–water partition coefficient (Wildman–Crippen LogP) is 1.97. The highest BCUT2D eigenvalue weighted by Gasteiger charge is 2.20. The molecular formula is C14H12N2O3. The lowest BCUT2D eigenvalue weighted by Crippen LogP contribution is -2.14. The Morgan fingerprint density at radius 2 is 1.89 bits per heavy atom. The van der Waals surface area contributed by atoms with Crippen molar-refractivity contribution >= 4 is 11.8 Å². The summed E-state index contributed by atoms with van der Waals surface area (Å²) >= 11 is 0. The summed E-state index contributed by atoms with van der Waals surface area (Å²) in [6.45, 7) is 1.82. The van der Waals surface area contributed by atoms with Crippen LogP contribution in [0.3, 0.4) is 0 Å². The highest BCUT2D eigenvalue weighted by Crippen LogP contribution is 2.13. The largest absolute Gasteiger partial charge is 0.476 e. The molecule has 0 radical (unpaired) electrons. The third kappa shape index (κ3) is 2.65. The van der Waals surface area contributed by atoms with E-state index in [1.165, 1.54) is 6.20 Å². The molecule has 2 aromatic rings. The van der Waals surface area contributed by atoms with Gasteiger partial charge in [-0.1, -0.05) is 37.3 Å². The number of carboxylic acids is 1. The molecule has 0 bridgehead atoms. The van der Waals surface area contributed by atoms with Crippen LogP contribution in [0.5, 0.6) is 0 Å². The van der Waals surface area contributed by atoms with Crippen molar-refractivity contribution in [3.05, 3.63) is 59.2 Å². The molecule has 1 N–H and O–H groups in total. The van der Waals surface area contributed by atoms with E-state index in [-0.39, 0.29) is 17.0 Å². The Balaban J connectivity index is 2.50. The second kappa shape index (κ2) is 5.39. The number of hydrogen-bond donors (Lipinski definition) is 1. The van der Waals surface area contributed by atoms with Crippen LogP contribution >= 0.6 is 0 Å². The monoisotopic (exact) mass is 256 g/mol. The zero-order chi connectivity index (χ0) is 13.8. The van der Waals surface area contributed by atoms with Crippen LogP contribution in [-0.4, -0.2) is 26.8 Å². The van der Waals surface area contributed by atoms with Crippen LogP contribution in [0.25, 0.3) is 0 Å². The number of rotatable bonds is 4. The molecule has 0 spiro atoms. The van der Waals surface area contributed by atoms with E-state index in [2.05, 4.69) is 9.97 Å². The first-order chi connectivity index (χ1) is 9.13. The number of carboxylic acid groups (broad SMARTS) is 1. The van der Waals surface area contributed by atoms with Gasteiger partial charge in [0.15, 0.2) is 11.5 Å². The van der Waals surface area contributed by atoms with Crippen LogP contribution in [-0.2, 0) is 6.42 Å². The molecule has 5 heteroatoms. The van der Waals surface area contributed by atoms with Gasteiger partial charge in [0.25, 0.3) is 0 Å². The average molecular weight is 256 g/mol. The molecule has 96 valence electrons. The summed E-state index contributed by atoms with van der Waals surface area (Å²) < 4.78 is 0. The topological polar surface area (TPSA) is 80.2 Å². The van der Waals surface area contributed by atoms with Gasteiger partial charge in [0.2, 0.25) is 0 Å². The Bertz CT molecular complexity index is 624. The number of nitrogens with zero attached hydrogens (tertiary/aromatic N) is 2. The lowest BCUT2D eigenvalue weighted by molar-refractivity contribution is 0.0685. The van der Waals surface area contributed by atoms with Gasteiger partial charge in [0, 0.05) is 18.2 Å². The van der Waals surface area contributed by atoms with E-state index in [0.29, 0.717) is 17.8 Å². The van der Waals surface area contributed by atoms with Crippen LogP contribution in [0.1, 0.15) is 39.2 Å². The lowest BCUT2D eigenvalue weighted by atomic mass is 10.0. The Morgan fingerprint density at radius 3 is 2.47 bits per heavy atom. The SMILES string of the molecule is CCc1ncc(C(=O)c2ccccc2)c(C(=O)O)n1. The minimum Gasteiger partial charge on any atom is -0.476 e. The molecule has 5 nitrogen and oxygen atoms in total. The summed E-state index contributed by atoms with van der Waals surface area (Å²) in [5.74, 6) is -1.21. The zero-order valence-corrected chi connectivity index (χ0v) is 10.3. The second-order valence-electron chi connectivity index (χ2n) is 3.90. The number of aromatic nitrogens is 2. The predicted molar refractivity (Wildman–Crippen MR) is 68.2 cm³/mol. The fourth-order valence-electron chi connectivity index (χ4n) is 1.66. The summed E-state index contributed by atoms with van der Waals surface area (Å²) in [5.41, 5.74) is 0.175. The summed E-state index contributed by atoms with van der Waals surface area (Å²) in [6, 6.07) is 8.47. The third-order valence-electron chi connectivity index (χ3n) is 2.64. The van der Waals surface area contributed by atoms with Gasteiger partial charge in [-0.15, -0.1) is 0 Å². The van der Waals surface area contributed by atoms with E-state index in [1.807, 2.05) is 6.92 Å². The Labute approximate surface area is 110 Å². The Morgan fingerprint density at radius 1 is 1.21 bits per heavy atom. The molecular weight excluding hydrogens is 244 g/mol. The van der Waals surface area contributed by atoms with Crippen LogP contribution in [0.4, 0.5) is 0 Å². The molecule has 19 heavy (non-hydrogen) atoms. The van der Waals surface area contributed by atoms with Gasteiger partial charge in [-0.3, -0.25) is 4.79 Å². The molecule has 0 aliphatic heterocycles. The first-order valence-corrected chi connectivity index (χ1v) is 5.82. The number of benzene rings is 1. The Hall–Kier alpha value is -2.56. The van der Waals surface area contributed by atoms with E-state index in [4.69, 9.17) is 5.11 Å². The summed E-state index contributed by atoms with van der Waals surface area (Å²) in [7, 11) is 0. The number of carbonyl (C=O) groups excluding carboxylic acids is 1. The maximum absolute atomic E-state index is 12.2. The molecule has 0 amide bonds. The van der Waals surface area contributed by atoms with Crippen molar-refractivity contribution in [2.75, 3.05) is 0 Å². The van der Waals surface area contributed by atoms with Crippen molar-refractivity contribution in [2.45, 2.75) is 13.3 Å². The van der Waals surface area contributed by atoms with Gasteiger partial charge >= 0.3 is 5.97 Å². The molecule has 1 heterocycles. The van der Waals surface area contributed by atoms with E-state index in [0.717, 1.165) is 0 Å². The van der Waals surface area contributed by atoms with Crippen LogP contribution in [0, 0.1) is 0 Å². The van der Waals surface area contributed by atoms with E-state index < -0.39 is 5.97 Å². The molecule has 0 saturated heterocycles. The fourth-order valence-corrected chi connectivity index (χ4v) is 1.66. The summed E-state index contributed by atoms with van der Waals surface area (Å²) in [6.07, 6.45) is 1.80. The van der Waals surface area contributed by atoms with Crippen LogP contribution in [0.15, 0.2) is 36.5 Å². The zero-order valence-electron chi connectivity index (χ0n) is 10.3. The van der Waals surface area contributed by atoms with Crippen molar-refractivity contribution in [3.8, 4) is 0 Å². The minimum atomic E-state index is -1.23. The minimum absolute atomic E-state index is 0.0101. The standard InChI is InChI=1S/C14H12N2O3/c1-2-11-15-8-10(12(16-11)14(18)19)13(17)9-6-4-3-5-7-9/h3-8H,2H2,1H3,(H,18,19). The average Bonchev–Trinajstić information content (AvgIpc) is 2.46. The summed E-state index contributed by atoms with van der Waals surface area (Å²) in [4.78, 5) is 31.3. The lowest BCUT2D eigenvalue weighted by Gasteiger charge is -2.05. The first kappa shape index (κ1) is 12.9. The highest BCUT2D eigenvalue weighted by atomic mass is 16.4. The summed E-state index contributed by atoms with van der Waals surface area (Å²) in [5, 5.41) is 9.14. The maximum atomic E-state index is 12.2. The normalized spacial score (nSPS) is 10.2. The number of aromatic carboxylic acids is 1. The van der Waals surface area contributed by atoms with Gasteiger partial charge in [0.05, 0.1) is 5.56 Å². The smallest absolute Gasteiger partial charge is 0.355 e. The van der Waals surface area contributed by atoms with Gasteiger partial charge in [-0.2, -0.15) is 0 Å². The van der Waals surface area contributed by atoms with Crippen molar-refractivity contribution in [1.29, 1.82) is 0 Å². The number of ketones is 1. The van der Waals surface area contributed by atoms with Gasteiger partial charge in [0.1, 0.15) is 5.82 Å². The van der Waals surface area contributed by atoms with E-state index in [1.54, 1.807) is 30.3 Å². The molecule has 1 aromatic carbocycles. The molecule has 0 fully saturated rings. The molecule has 0 aliphatic rings. The quantitative estimate of drug-likeness (QED) is 0.846. The van der Waals surface area contributed by atoms with Crippen molar-refractivity contribution in [1.82, 2.24) is 9.97 Å². The first-order valence-electron chi connectivity index (χ1n) is 5.82. The number of hydrogen-bond acceptors (Lipinski definition) is 4. The molecule has 0 aliphatic carbocycles. The maximum Gasteiger partial charge on any atom is 0.355 e. The Kier molecular flexibility index (Phi) is 3.66. The van der Waals surface area contributed by atoms with Crippen LogP contribution < -0.4 is 0 Å². The fraction of sp³-hybridized carbons (Fsp3) is 0.143. The molecule has 0 unspecified atom stereocenters. The number of aryl methyl sites for hydroxylation is 1. The molecule has 1 aromatic heterocycles. The van der Waals surface area contributed by atoms with Crippen molar-refractivity contribution in [3.63, 3.8) is 0 Å². The molecule has 0 saturated carbocycles. The van der Waals surface area contributed by atoms with Crippen LogP contribution in [0.2, 0.25) is 0 Å². The van der Waals surface area contributed by atoms with Gasteiger partial charge in [-0.25, -0.2) is 14.8 Å². The molecule has 0 atom stereocenters. The van der Waals surface area contributed by atoms with E-state index in [9.17, 15) is 9.59 Å². The second-order valence-corrected chi connectivity index (χ2v) is 3.90. The molecule has 2 rings (SSSR count). The van der Waals surface area contributed by atoms with Crippen molar-refractivity contribution < 1.29 is 14.7 Å². The van der Waals surface area contributed by atoms with E-state index >= 15 is 0 Å². The van der Waals surface area contributed by atoms with Gasteiger partial charge in [-0.05, 0) is 0 Å². The highest BCUT2D eigenvalue weighted by molar-refractivity contribution is 6.13. The van der Waals surface area contributed by atoms with Gasteiger partial charge < -0.3 is 5.11 Å². The third-order valence-corrected chi connectivity index (χ3v) is 2.64.